The predicted molar refractivity (Wildman–Crippen MR) is 70.8 cm³/mol. The van der Waals surface area contributed by atoms with E-state index in [1.165, 1.54) is 12.1 Å². The van der Waals surface area contributed by atoms with E-state index in [2.05, 4.69) is 9.71 Å². The molecule has 2 saturated carbocycles. The topological polar surface area (TPSA) is 96.4 Å². The quantitative estimate of drug-likeness (QED) is 0.823. The lowest BCUT2D eigenvalue weighted by atomic mass is 10.1. The number of nitrogens with zero attached hydrogens (tertiary/aromatic N) is 1. The number of aromatic nitrogens is 1. The molecule has 1 aromatic rings. The van der Waals surface area contributed by atoms with Crippen molar-refractivity contribution in [3.05, 3.63) is 23.9 Å². The lowest BCUT2D eigenvalue weighted by Crippen LogP contribution is -2.38. The first-order valence-electron chi connectivity index (χ1n) is 6.69. The van der Waals surface area contributed by atoms with Crippen molar-refractivity contribution in [1.29, 1.82) is 0 Å². The van der Waals surface area contributed by atoms with Gasteiger partial charge in [-0.25, -0.2) is 22.9 Å². The highest BCUT2D eigenvalue weighted by Crippen LogP contribution is 2.44. The van der Waals surface area contributed by atoms with Gasteiger partial charge in [0.2, 0.25) is 0 Å². The summed E-state index contributed by atoms with van der Waals surface area (Å²) in [5.74, 6) is -0.214. The molecule has 0 unspecified atom stereocenters. The summed E-state index contributed by atoms with van der Waals surface area (Å²) in [6.07, 6.45) is 5.38. The molecule has 0 aliphatic heterocycles. The predicted octanol–water partition coefficient (Wildman–Crippen LogP) is 1.25. The van der Waals surface area contributed by atoms with Crippen LogP contribution in [0.4, 0.5) is 0 Å². The van der Waals surface area contributed by atoms with Gasteiger partial charge in [0.15, 0.2) is 5.03 Å². The fourth-order valence-corrected chi connectivity index (χ4v) is 3.70. The van der Waals surface area contributed by atoms with Gasteiger partial charge in [0.1, 0.15) is 0 Å². The second kappa shape index (κ2) is 4.82. The third-order valence-corrected chi connectivity index (χ3v) is 5.18. The maximum atomic E-state index is 12.3. The Bertz CT molecular complexity index is 606. The summed E-state index contributed by atoms with van der Waals surface area (Å²) in [4.78, 5) is 14.5. The summed E-state index contributed by atoms with van der Waals surface area (Å²) in [6, 6.07) is 2.51. The second-order valence-electron chi connectivity index (χ2n) is 5.51. The van der Waals surface area contributed by atoms with Gasteiger partial charge in [-0.3, -0.25) is 0 Å². The smallest absolute Gasteiger partial charge is 0.337 e. The number of nitrogens with one attached hydrogen (secondary N) is 1. The van der Waals surface area contributed by atoms with Crippen LogP contribution < -0.4 is 4.72 Å². The molecule has 2 aliphatic carbocycles. The van der Waals surface area contributed by atoms with Gasteiger partial charge in [0, 0.05) is 12.2 Å². The molecule has 108 valence electrons. The zero-order valence-electron chi connectivity index (χ0n) is 10.8. The van der Waals surface area contributed by atoms with Crippen molar-refractivity contribution in [2.24, 2.45) is 11.8 Å². The molecule has 3 rings (SSSR count). The highest BCUT2D eigenvalue weighted by Gasteiger charge is 2.43. The molecule has 2 aliphatic rings. The Morgan fingerprint density at radius 3 is 2.25 bits per heavy atom. The van der Waals surface area contributed by atoms with Gasteiger partial charge in [-0.05, 0) is 49.7 Å². The van der Waals surface area contributed by atoms with Gasteiger partial charge in [-0.1, -0.05) is 0 Å². The van der Waals surface area contributed by atoms with Gasteiger partial charge in [-0.15, -0.1) is 0 Å². The number of sulfonamides is 1. The Kier molecular flexibility index (Phi) is 3.25. The summed E-state index contributed by atoms with van der Waals surface area (Å²) in [6.45, 7) is 0. The minimum Gasteiger partial charge on any atom is -0.478 e. The molecule has 0 aromatic carbocycles. The molecule has 20 heavy (non-hydrogen) atoms. The van der Waals surface area contributed by atoms with Crippen LogP contribution in [0.15, 0.2) is 23.4 Å². The Morgan fingerprint density at radius 2 is 1.85 bits per heavy atom. The first kappa shape index (κ1) is 13.5. The zero-order chi connectivity index (χ0) is 14.3. The van der Waals surface area contributed by atoms with Crippen LogP contribution >= 0.6 is 0 Å². The SMILES string of the molecule is O=C(O)c1ccc(S(=O)(=O)NC(C2CC2)C2CC2)nc1. The summed E-state index contributed by atoms with van der Waals surface area (Å²) < 4.78 is 27.3. The number of hydrogen-bond acceptors (Lipinski definition) is 4. The molecule has 0 saturated heterocycles. The lowest BCUT2D eigenvalue weighted by Gasteiger charge is -2.17. The number of carboxylic acids is 1. The first-order valence-corrected chi connectivity index (χ1v) is 8.17. The second-order valence-corrected chi connectivity index (χ2v) is 7.17. The van der Waals surface area contributed by atoms with Crippen LogP contribution in [0.5, 0.6) is 0 Å². The molecule has 1 heterocycles. The standard InChI is InChI=1S/C13H16N2O4S/c16-13(17)10-5-6-11(14-7-10)20(18,19)15-12(8-1-2-8)9-3-4-9/h5-9,12,15H,1-4H2,(H,16,17). The number of rotatable bonds is 6. The average Bonchev–Trinajstić information content (AvgIpc) is 3.29. The van der Waals surface area contributed by atoms with Crippen molar-refractivity contribution in [2.75, 3.05) is 0 Å². The van der Waals surface area contributed by atoms with Gasteiger partial charge in [0.25, 0.3) is 10.0 Å². The monoisotopic (exact) mass is 296 g/mol. The Hall–Kier alpha value is -1.47. The van der Waals surface area contributed by atoms with Crippen LogP contribution in [0.25, 0.3) is 0 Å². The maximum absolute atomic E-state index is 12.3. The number of carbonyl (C=O) groups is 1. The summed E-state index contributed by atoms with van der Waals surface area (Å²) in [5, 5.41) is 8.66. The van der Waals surface area contributed by atoms with E-state index in [0.717, 1.165) is 31.9 Å². The van der Waals surface area contributed by atoms with Gasteiger partial charge in [0.05, 0.1) is 5.56 Å². The van der Waals surface area contributed by atoms with Crippen LogP contribution in [0.1, 0.15) is 36.0 Å². The zero-order valence-corrected chi connectivity index (χ0v) is 11.6. The summed E-state index contributed by atoms with van der Waals surface area (Å²) in [7, 11) is -3.67. The van der Waals surface area contributed by atoms with E-state index in [-0.39, 0.29) is 16.6 Å². The fourth-order valence-electron chi connectivity index (χ4n) is 2.39. The fraction of sp³-hybridized carbons (Fsp3) is 0.538. The minimum atomic E-state index is -3.67. The number of carboxylic acid groups (broad SMARTS) is 1. The summed E-state index contributed by atoms with van der Waals surface area (Å²) in [5.41, 5.74) is -0.0233. The third-order valence-electron chi connectivity index (χ3n) is 3.81. The van der Waals surface area contributed by atoms with Gasteiger partial charge in [-0.2, -0.15) is 0 Å². The number of hydrogen-bond donors (Lipinski definition) is 2. The molecule has 7 heteroatoms. The van der Waals surface area contributed by atoms with Crippen LogP contribution in [0.3, 0.4) is 0 Å². The first-order chi connectivity index (χ1) is 9.47. The minimum absolute atomic E-state index is 0.0148. The van der Waals surface area contributed by atoms with E-state index >= 15 is 0 Å². The molecule has 2 N–H and O–H groups in total. The molecular formula is C13H16N2O4S. The van der Waals surface area contributed by atoms with Crippen molar-refractivity contribution in [2.45, 2.75) is 36.8 Å². The van der Waals surface area contributed by atoms with E-state index in [1.807, 2.05) is 0 Å². The van der Waals surface area contributed by atoms with E-state index in [0.29, 0.717) is 11.8 Å². The molecule has 6 nitrogen and oxygen atoms in total. The molecule has 0 bridgehead atoms. The normalized spacial score (nSPS) is 19.2. The lowest BCUT2D eigenvalue weighted by molar-refractivity contribution is 0.0696. The van der Waals surface area contributed by atoms with Crippen LogP contribution in [0.2, 0.25) is 0 Å². The molecule has 0 radical (unpaired) electrons. The Morgan fingerprint density at radius 1 is 1.25 bits per heavy atom. The summed E-state index contributed by atoms with van der Waals surface area (Å²) >= 11 is 0. The Balaban J connectivity index is 1.78. The maximum Gasteiger partial charge on any atom is 0.337 e. The van der Waals surface area contributed by atoms with Gasteiger partial charge < -0.3 is 5.11 Å². The van der Waals surface area contributed by atoms with E-state index in [9.17, 15) is 13.2 Å². The molecule has 0 amide bonds. The van der Waals surface area contributed by atoms with Gasteiger partial charge >= 0.3 is 5.97 Å². The number of aromatic carboxylic acids is 1. The molecule has 0 atom stereocenters. The van der Waals surface area contributed by atoms with E-state index < -0.39 is 16.0 Å². The highest BCUT2D eigenvalue weighted by molar-refractivity contribution is 7.89. The molecule has 2 fully saturated rings. The van der Waals surface area contributed by atoms with Crippen molar-refractivity contribution < 1.29 is 18.3 Å². The third kappa shape index (κ3) is 2.83. The highest BCUT2D eigenvalue weighted by atomic mass is 32.2. The largest absolute Gasteiger partial charge is 0.478 e. The van der Waals surface area contributed by atoms with Crippen molar-refractivity contribution in [3.8, 4) is 0 Å². The van der Waals surface area contributed by atoms with Crippen LogP contribution in [-0.4, -0.2) is 30.5 Å². The molecular weight excluding hydrogens is 280 g/mol. The molecule has 1 aromatic heterocycles. The number of pyridine rings is 1. The molecule has 0 spiro atoms. The van der Waals surface area contributed by atoms with Crippen LogP contribution in [0, 0.1) is 11.8 Å². The van der Waals surface area contributed by atoms with Crippen molar-refractivity contribution >= 4 is 16.0 Å². The van der Waals surface area contributed by atoms with E-state index in [4.69, 9.17) is 5.11 Å². The van der Waals surface area contributed by atoms with E-state index in [1.54, 1.807) is 0 Å². The average molecular weight is 296 g/mol. The Labute approximate surface area is 117 Å². The van der Waals surface area contributed by atoms with Crippen molar-refractivity contribution in [1.82, 2.24) is 9.71 Å². The van der Waals surface area contributed by atoms with Crippen molar-refractivity contribution in [3.63, 3.8) is 0 Å². The van der Waals surface area contributed by atoms with Crippen LogP contribution in [-0.2, 0) is 10.0 Å².